The minimum absolute atomic E-state index is 0.127. The molecule has 4 nitrogen and oxygen atoms in total. The van der Waals surface area contributed by atoms with Crippen LogP contribution in [0.1, 0.15) is 18.5 Å². The summed E-state index contributed by atoms with van der Waals surface area (Å²) in [6.45, 7) is 2.80. The van der Waals surface area contributed by atoms with Gasteiger partial charge in [0.05, 0.1) is 31.6 Å². The molecule has 0 bridgehead atoms. The first-order chi connectivity index (χ1) is 8.72. The van der Waals surface area contributed by atoms with Crippen molar-refractivity contribution in [3.05, 3.63) is 47.2 Å². The van der Waals surface area contributed by atoms with Crippen LogP contribution in [0.2, 0.25) is 0 Å². The SMILES string of the molecule is COC(=O)C1=C(NC(C)c2ccccc2)COC1. The number of hydrogen-bond donors (Lipinski definition) is 1. The average molecular weight is 247 g/mol. The van der Waals surface area contributed by atoms with E-state index in [1.54, 1.807) is 0 Å². The third kappa shape index (κ3) is 2.71. The Hall–Kier alpha value is -1.81. The molecule has 18 heavy (non-hydrogen) atoms. The van der Waals surface area contributed by atoms with Crippen molar-refractivity contribution in [1.29, 1.82) is 0 Å². The van der Waals surface area contributed by atoms with Crippen LogP contribution < -0.4 is 5.32 Å². The Morgan fingerprint density at radius 2 is 2.06 bits per heavy atom. The minimum atomic E-state index is -0.324. The summed E-state index contributed by atoms with van der Waals surface area (Å²) in [5.74, 6) is -0.324. The van der Waals surface area contributed by atoms with Gasteiger partial charge in [0, 0.05) is 6.04 Å². The zero-order chi connectivity index (χ0) is 13.0. The first-order valence-corrected chi connectivity index (χ1v) is 5.92. The Labute approximate surface area is 107 Å². The number of benzene rings is 1. The normalized spacial score (nSPS) is 16.6. The lowest BCUT2D eigenvalue weighted by Gasteiger charge is -2.16. The lowest BCUT2D eigenvalue weighted by molar-refractivity contribution is -0.136. The molecule has 0 amide bonds. The molecule has 1 aromatic rings. The third-order valence-corrected chi connectivity index (χ3v) is 2.98. The topological polar surface area (TPSA) is 47.6 Å². The largest absolute Gasteiger partial charge is 0.466 e. The monoisotopic (exact) mass is 247 g/mol. The van der Waals surface area contributed by atoms with Crippen molar-refractivity contribution in [2.24, 2.45) is 0 Å². The van der Waals surface area contributed by atoms with E-state index in [9.17, 15) is 4.79 Å². The Bertz CT molecular complexity index is 453. The molecule has 1 N–H and O–H groups in total. The molecule has 0 fully saturated rings. The lowest BCUT2D eigenvalue weighted by Crippen LogP contribution is -2.22. The van der Waals surface area contributed by atoms with Gasteiger partial charge in [-0.15, -0.1) is 0 Å². The van der Waals surface area contributed by atoms with Crippen molar-refractivity contribution in [3.63, 3.8) is 0 Å². The number of esters is 1. The van der Waals surface area contributed by atoms with Gasteiger partial charge in [-0.25, -0.2) is 4.79 Å². The van der Waals surface area contributed by atoms with Gasteiger partial charge in [0.2, 0.25) is 0 Å². The van der Waals surface area contributed by atoms with Crippen LogP contribution in [0.25, 0.3) is 0 Å². The van der Waals surface area contributed by atoms with Gasteiger partial charge in [0.25, 0.3) is 0 Å². The van der Waals surface area contributed by atoms with Crippen LogP contribution >= 0.6 is 0 Å². The van der Waals surface area contributed by atoms with E-state index in [4.69, 9.17) is 9.47 Å². The Morgan fingerprint density at radius 3 is 2.72 bits per heavy atom. The fourth-order valence-corrected chi connectivity index (χ4v) is 1.95. The van der Waals surface area contributed by atoms with E-state index in [1.807, 2.05) is 30.3 Å². The summed E-state index contributed by atoms with van der Waals surface area (Å²) >= 11 is 0. The van der Waals surface area contributed by atoms with E-state index < -0.39 is 0 Å². The predicted octanol–water partition coefficient (Wildman–Crippen LogP) is 1.79. The first kappa shape index (κ1) is 12.6. The van der Waals surface area contributed by atoms with Gasteiger partial charge in [0.15, 0.2) is 0 Å². The molecule has 1 unspecified atom stereocenters. The second-order valence-corrected chi connectivity index (χ2v) is 4.22. The van der Waals surface area contributed by atoms with E-state index in [1.165, 1.54) is 12.7 Å². The Kier molecular flexibility index (Phi) is 3.99. The van der Waals surface area contributed by atoms with Crippen LogP contribution in [0.3, 0.4) is 0 Å². The smallest absolute Gasteiger partial charge is 0.337 e. The molecule has 1 aliphatic rings. The minimum Gasteiger partial charge on any atom is -0.466 e. The molecule has 0 aliphatic carbocycles. The maximum absolute atomic E-state index is 11.5. The molecule has 0 saturated heterocycles. The molecule has 0 aromatic heterocycles. The fourth-order valence-electron chi connectivity index (χ4n) is 1.95. The van der Waals surface area contributed by atoms with Crippen molar-refractivity contribution < 1.29 is 14.3 Å². The Morgan fingerprint density at radius 1 is 1.33 bits per heavy atom. The highest BCUT2D eigenvalue weighted by molar-refractivity contribution is 5.90. The summed E-state index contributed by atoms with van der Waals surface area (Å²) in [7, 11) is 1.38. The molecule has 4 heteroatoms. The van der Waals surface area contributed by atoms with Crippen LogP contribution in [-0.4, -0.2) is 26.3 Å². The van der Waals surface area contributed by atoms with Gasteiger partial charge >= 0.3 is 5.97 Å². The Balaban J connectivity index is 2.11. The van der Waals surface area contributed by atoms with Crippen LogP contribution in [-0.2, 0) is 14.3 Å². The predicted molar refractivity (Wildman–Crippen MR) is 67.9 cm³/mol. The van der Waals surface area contributed by atoms with Crippen LogP contribution in [0, 0.1) is 0 Å². The highest BCUT2D eigenvalue weighted by Gasteiger charge is 2.23. The number of methoxy groups -OCH3 is 1. The molecule has 1 atom stereocenters. The third-order valence-electron chi connectivity index (χ3n) is 2.98. The van der Waals surface area contributed by atoms with Crippen molar-refractivity contribution in [1.82, 2.24) is 5.32 Å². The van der Waals surface area contributed by atoms with Gasteiger partial charge in [-0.05, 0) is 12.5 Å². The van der Waals surface area contributed by atoms with Crippen molar-refractivity contribution in [2.75, 3.05) is 20.3 Å². The van der Waals surface area contributed by atoms with E-state index in [-0.39, 0.29) is 12.0 Å². The molecule has 1 heterocycles. The molecule has 2 rings (SSSR count). The molecule has 0 radical (unpaired) electrons. The zero-order valence-electron chi connectivity index (χ0n) is 10.6. The molecule has 1 aromatic carbocycles. The van der Waals surface area contributed by atoms with Gasteiger partial charge in [-0.1, -0.05) is 30.3 Å². The number of carbonyl (C=O) groups excluding carboxylic acids is 1. The highest BCUT2D eigenvalue weighted by atomic mass is 16.5. The number of nitrogens with one attached hydrogen (secondary N) is 1. The maximum Gasteiger partial charge on any atom is 0.337 e. The van der Waals surface area contributed by atoms with Gasteiger partial charge in [-0.3, -0.25) is 0 Å². The van der Waals surface area contributed by atoms with Crippen molar-refractivity contribution in [3.8, 4) is 0 Å². The number of ether oxygens (including phenoxy) is 2. The van der Waals surface area contributed by atoms with Gasteiger partial charge < -0.3 is 14.8 Å². The lowest BCUT2D eigenvalue weighted by atomic mass is 10.1. The van der Waals surface area contributed by atoms with Crippen LogP contribution in [0.4, 0.5) is 0 Å². The quantitative estimate of drug-likeness (QED) is 0.824. The van der Waals surface area contributed by atoms with Crippen LogP contribution in [0.5, 0.6) is 0 Å². The van der Waals surface area contributed by atoms with Gasteiger partial charge in [-0.2, -0.15) is 0 Å². The molecule has 1 aliphatic heterocycles. The van der Waals surface area contributed by atoms with Crippen LogP contribution in [0.15, 0.2) is 41.6 Å². The van der Waals surface area contributed by atoms with E-state index in [0.717, 1.165) is 5.70 Å². The molecular formula is C14H17NO3. The summed E-state index contributed by atoms with van der Waals surface area (Å²) in [5.41, 5.74) is 2.57. The summed E-state index contributed by atoms with van der Waals surface area (Å²) in [6, 6.07) is 10.2. The summed E-state index contributed by atoms with van der Waals surface area (Å²) in [4.78, 5) is 11.5. The molecule has 96 valence electrons. The molecule has 0 saturated carbocycles. The highest BCUT2D eigenvalue weighted by Crippen LogP contribution is 2.19. The molecular weight excluding hydrogens is 230 g/mol. The second kappa shape index (κ2) is 5.69. The van der Waals surface area contributed by atoms with E-state index >= 15 is 0 Å². The van der Waals surface area contributed by atoms with Crippen molar-refractivity contribution in [2.45, 2.75) is 13.0 Å². The fraction of sp³-hybridized carbons (Fsp3) is 0.357. The van der Waals surface area contributed by atoms with E-state index in [2.05, 4.69) is 12.2 Å². The average Bonchev–Trinajstić information content (AvgIpc) is 2.87. The van der Waals surface area contributed by atoms with E-state index in [0.29, 0.717) is 18.8 Å². The maximum atomic E-state index is 11.5. The summed E-state index contributed by atoms with van der Waals surface area (Å²) < 4.78 is 10.0. The van der Waals surface area contributed by atoms with Gasteiger partial charge in [0.1, 0.15) is 0 Å². The number of hydrogen-bond acceptors (Lipinski definition) is 4. The first-order valence-electron chi connectivity index (χ1n) is 5.92. The number of carbonyl (C=O) groups is 1. The zero-order valence-corrected chi connectivity index (χ0v) is 10.6. The molecule has 0 spiro atoms. The summed E-state index contributed by atoms with van der Waals surface area (Å²) in [6.07, 6.45) is 0. The second-order valence-electron chi connectivity index (χ2n) is 4.22. The summed E-state index contributed by atoms with van der Waals surface area (Å²) in [5, 5.41) is 3.31. The number of rotatable bonds is 4. The standard InChI is InChI=1S/C14H17NO3/c1-10(11-6-4-3-5-7-11)15-13-9-18-8-12(13)14(16)17-2/h3-7,10,15H,8-9H2,1-2H3. The van der Waals surface area contributed by atoms with Crippen molar-refractivity contribution >= 4 is 5.97 Å².